The van der Waals surface area contributed by atoms with E-state index in [-0.39, 0.29) is 6.10 Å². The molecule has 1 aromatic rings. The van der Waals surface area contributed by atoms with E-state index in [1.165, 1.54) is 0 Å². The average Bonchev–Trinajstić information content (AvgIpc) is 2.38. The van der Waals surface area contributed by atoms with Crippen molar-refractivity contribution in [3.05, 3.63) is 24.3 Å². The first-order valence-electron chi connectivity index (χ1n) is 7.09. The van der Waals surface area contributed by atoms with Gasteiger partial charge in [-0.05, 0) is 31.4 Å². The molecule has 0 heterocycles. The molecule has 3 nitrogen and oxygen atoms in total. The van der Waals surface area contributed by atoms with E-state index in [0.717, 1.165) is 17.9 Å². The van der Waals surface area contributed by atoms with Gasteiger partial charge in [0, 0.05) is 18.9 Å². The second-order valence-electron chi connectivity index (χ2n) is 5.31. The molecule has 0 amide bonds. The third kappa shape index (κ3) is 5.52. The summed E-state index contributed by atoms with van der Waals surface area (Å²) in [6, 6.07) is 8.44. The Labute approximate surface area is 117 Å². The van der Waals surface area contributed by atoms with Gasteiger partial charge >= 0.3 is 0 Å². The zero-order valence-corrected chi connectivity index (χ0v) is 12.8. The Morgan fingerprint density at radius 2 is 1.95 bits per heavy atom. The minimum atomic E-state index is 0.245. The predicted octanol–water partition coefficient (Wildman–Crippen LogP) is 3.95. The molecule has 0 saturated carbocycles. The van der Waals surface area contributed by atoms with E-state index in [9.17, 15) is 0 Å². The molecule has 2 unspecified atom stereocenters. The maximum absolute atomic E-state index is 5.83. The molecule has 0 spiro atoms. The fourth-order valence-electron chi connectivity index (χ4n) is 1.77. The highest BCUT2D eigenvalue weighted by molar-refractivity contribution is 5.49. The van der Waals surface area contributed by atoms with E-state index in [1.807, 2.05) is 12.1 Å². The molecule has 0 aliphatic heterocycles. The molecule has 1 rings (SSSR count). The SMILES string of the molecule is CCC(C)Oc1cccc(NC(COC)C(C)C)c1. The lowest BCUT2D eigenvalue weighted by molar-refractivity contribution is 0.171. The highest BCUT2D eigenvalue weighted by atomic mass is 16.5. The fraction of sp³-hybridized carbons (Fsp3) is 0.625. The predicted molar refractivity (Wildman–Crippen MR) is 80.9 cm³/mol. The van der Waals surface area contributed by atoms with Crippen molar-refractivity contribution < 1.29 is 9.47 Å². The summed E-state index contributed by atoms with van der Waals surface area (Å²) in [5.74, 6) is 1.43. The molecule has 3 heteroatoms. The molecular weight excluding hydrogens is 238 g/mol. The van der Waals surface area contributed by atoms with Crippen LogP contribution < -0.4 is 10.1 Å². The Hall–Kier alpha value is -1.22. The van der Waals surface area contributed by atoms with Crippen molar-refractivity contribution in [1.29, 1.82) is 0 Å². The molecule has 2 atom stereocenters. The second kappa shape index (κ2) is 8.05. The summed E-state index contributed by atoms with van der Waals surface area (Å²) in [6.45, 7) is 9.29. The van der Waals surface area contributed by atoms with Gasteiger partial charge in [-0.1, -0.05) is 26.8 Å². The number of rotatable bonds is 8. The summed E-state index contributed by atoms with van der Waals surface area (Å²) in [7, 11) is 1.74. The van der Waals surface area contributed by atoms with Crippen LogP contribution in [0.1, 0.15) is 34.1 Å². The Bertz CT molecular complexity index is 366. The van der Waals surface area contributed by atoms with Crippen LogP contribution in [-0.4, -0.2) is 25.9 Å². The van der Waals surface area contributed by atoms with Crippen LogP contribution in [0.15, 0.2) is 24.3 Å². The van der Waals surface area contributed by atoms with E-state index in [0.29, 0.717) is 18.6 Å². The normalized spacial score (nSPS) is 14.2. The van der Waals surface area contributed by atoms with Gasteiger partial charge in [-0.15, -0.1) is 0 Å². The summed E-state index contributed by atoms with van der Waals surface area (Å²) in [5, 5.41) is 3.51. The monoisotopic (exact) mass is 265 g/mol. The molecule has 19 heavy (non-hydrogen) atoms. The van der Waals surface area contributed by atoms with E-state index < -0.39 is 0 Å². The van der Waals surface area contributed by atoms with Crippen LogP contribution in [0.25, 0.3) is 0 Å². The van der Waals surface area contributed by atoms with Gasteiger partial charge in [-0.25, -0.2) is 0 Å². The first-order valence-corrected chi connectivity index (χ1v) is 7.09. The first-order chi connectivity index (χ1) is 9.06. The zero-order chi connectivity index (χ0) is 14.3. The molecule has 0 bridgehead atoms. The molecule has 0 aliphatic rings. The topological polar surface area (TPSA) is 30.5 Å². The molecule has 0 aromatic heterocycles. The van der Waals surface area contributed by atoms with Crippen LogP contribution in [0.5, 0.6) is 5.75 Å². The lowest BCUT2D eigenvalue weighted by atomic mass is 10.1. The number of anilines is 1. The average molecular weight is 265 g/mol. The Kier molecular flexibility index (Phi) is 6.71. The highest BCUT2D eigenvalue weighted by Gasteiger charge is 2.13. The highest BCUT2D eigenvalue weighted by Crippen LogP contribution is 2.21. The number of ether oxygens (including phenoxy) is 2. The number of methoxy groups -OCH3 is 1. The molecule has 0 saturated heterocycles. The third-order valence-electron chi connectivity index (χ3n) is 3.25. The Balaban J connectivity index is 2.69. The quantitative estimate of drug-likeness (QED) is 0.772. The van der Waals surface area contributed by atoms with E-state index in [1.54, 1.807) is 7.11 Å². The van der Waals surface area contributed by atoms with Crippen LogP contribution in [0.3, 0.4) is 0 Å². The molecule has 0 radical (unpaired) electrons. The van der Waals surface area contributed by atoms with Gasteiger partial charge in [0.05, 0.1) is 18.8 Å². The van der Waals surface area contributed by atoms with Crippen molar-refractivity contribution in [1.82, 2.24) is 0 Å². The maximum Gasteiger partial charge on any atom is 0.121 e. The minimum absolute atomic E-state index is 0.245. The van der Waals surface area contributed by atoms with Gasteiger partial charge in [-0.2, -0.15) is 0 Å². The Morgan fingerprint density at radius 3 is 2.53 bits per heavy atom. The molecule has 108 valence electrons. The molecule has 1 aromatic carbocycles. The van der Waals surface area contributed by atoms with Crippen LogP contribution in [0.2, 0.25) is 0 Å². The summed E-state index contributed by atoms with van der Waals surface area (Å²) < 4.78 is 11.1. The number of benzene rings is 1. The number of hydrogen-bond acceptors (Lipinski definition) is 3. The third-order valence-corrected chi connectivity index (χ3v) is 3.25. The molecule has 1 N–H and O–H groups in total. The molecule has 0 fully saturated rings. The van der Waals surface area contributed by atoms with Crippen molar-refractivity contribution in [3.8, 4) is 5.75 Å². The fourth-order valence-corrected chi connectivity index (χ4v) is 1.77. The molecular formula is C16H27NO2. The zero-order valence-electron chi connectivity index (χ0n) is 12.8. The largest absolute Gasteiger partial charge is 0.491 e. The summed E-state index contributed by atoms with van der Waals surface area (Å²) >= 11 is 0. The van der Waals surface area contributed by atoms with Crippen LogP contribution >= 0.6 is 0 Å². The van der Waals surface area contributed by atoms with Gasteiger partial charge in [0.25, 0.3) is 0 Å². The van der Waals surface area contributed by atoms with Crippen molar-refractivity contribution in [2.75, 3.05) is 19.0 Å². The Morgan fingerprint density at radius 1 is 1.21 bits per heavy atom. The summed E-state index contributed by atoms with van der Waals surface area (Å²) in [4.78, 5) is 0. The van der Waals surface area contributed by atoms with Crippen LogP contribution in [0.4, 0.5) is 5.69 Å². The van der Waals surface area contributed by atoms with Crippen molar-refractivity contribution in [3.63, 3.8) is 0 Å². The van der Waals surface area contributed by atoms with Gasteiger partial charge in [0.1, 0.15) is 5.75 Å². The second-order valence-corrected chi connectivity index (χ2v) is 5.31. The summed E-state index contributed by atoms with van der Waals surface area (Å²) in [6.07, 6.45) is 1.26. The van der Waals surface area contributed by atoms with Gasteiger partial charge in [0.2, 0.25) is 0 Å². The van der Waals surface area contributed by atoms with Gasteiger partial charge < -0.3 is 14.8 Å². The van der Waals surface area contributed by atoms with Crippen LogP contribution in [0, 0.1) is 5.92 Å². The van der Waals surface area contributed by atoms with E-state index in [4.69, 9.17) is 9.47 Å². The number of hydrogen-bond donors (Lipinski definition) is 1. The van der Waals surface area contributed by atoms with E-state index >= 15 is 0 Å². The minimum Gasteiger partial charge on any atom is -0.491 e. The van der Waals surface area contributed by atoms with Gasteiger partial charge in [0.15, 0.2) is 0 Å². The standard InChI is InChI=1S/C16H27NO2/c1-6-13(4)19-15-9-7-8-14(10-15)17-16(11-18-5)12(2)3/h7-10,12-13,16-17H,6,11H2,1-5H3. The maximum atomic E-state index is 5.83. The first kappa shape index (κ1) is 15.8. The molecule has 0 aliphatic carbocycles. The van der Waals surface area contributed by atoms with Crippen molar-refractivity contribution in [2.24, 2.45) is 5.92 Å². The van der Waals surface area contributed by atoms with Crippen molar-refractivity contribution >= 4 is 5.69 Å². The van der Waals surface area contributed by atoms with Crippen molar-refractivity contribution in [2.45, 2.75) is 46.3 Å². The van der Waals surface area contributed by atoms with Crippen LogP contribution in [-0.2, 0) is 4.74 Å². The summed E-state index contributed by atoms with van der Waals surface area (Å²) in [5.41, 5.74) is 1.08. The van der Waals surface area contributed by atoms with Gasteiger partial charge in [-0.3, -0.25) is 0 Å². The lowest BCUT2D eigenvalue weighted by Gasteiger charge is -2.23. The smallest absolute Gasteiger partial charge is 0.121 e. The van der Waals surface area contributed by atoms with E-state index in [2.05, 4.69) is 45.1 Å². The lowest BCUT2D eigenvalue weighted by Crippen LogP contribution is -2.30. The number of nitrogens with one attached hydrogen (secondary N) is 1.